The maximum absolute atomic E-state index is 13.1. The maximum Gasteiger partial charge on any atom is 0.331 e. The topological polar surface area (TPSA) is 145 Å². The van der Waals surface area contributed by atoms with Crippen LogP contribution in [0.2, 0.25) is 0 Å². The largest absolute Gasteiger partial charge is 0.464 e. The number of likely N-dealkylation sites (N-methyl/N-ethyl adjacent to an activating group) is 1. The van der Waals surface area contributed by atoms with Crippen molar-refractivity contribution in [3.8, 4) is 0 Å². The maximum atomic E-state index is 13.1. The van der Waals surface area contributed by atoms with E-state index >= 15 is 0 Å². The lowest BCUT2D eigenvalue weighted by atomic mass is 9.86. The number of ether oxygens (including phenoxy) is 1. The summed E-state index contributed by atoms with van der Waals surface area (Å²) in [6.07, 6.45) is 3.90. The highest BCUT2D eigenvalue weighted by molar-refractivity contribution is 7.89. The van der Waals surface area contributed by atoms with Crippen LogP contribution in [0, 0.1) is 5.92 Å². The Bertz CT molecular complexity index is 1300. The SMILES string of the molecule is CCC1=C(C)CN(C(=O)NCCc2ccc(S(=O)(=O)N(C)C(=O)NC3CCC(COC(=O)CN(C)CC)CC3)cc2)C1=O. The predicted molar refractivity (Wildman–Crippen MR) is 162 cm³/mol. The Labute approximate surface area is 254 Å². The molecule has 3 rings (SSSR count). The van der Waals surface area contributed by atoms with Crippen molar-refractivity contribution in [1.82, 2.24) is 24.7 Å². The Kier molecular flexibility index (Phi) is 12.1. The number of hydrogen-bond donors (Lipinski definition) is 2. The first kappa shape index (κ1) is 34.0. The average molecular weight is 620 g/mol. The van der Waals surface area contributed by atoms with Crippen molar-refractivity contribution in [2.75, 3.05) is 46.9 Å². The van der Waals surface area contributed by atoms with Crippen LogP contribution in [0.3, 0.4) is 0 Å². The molecule has 0 radical (unpaired) electrons. The number of carbonyl (C=O) groups is 4. The van der Waals surface area contributed by atoms with Crippen molar-refractivity contribution in [3.05, 3.63) is 41.0 Å². The summed E-state index contributed by atoms with van der Waals surface area (Å²) in [5, 5.41) is 5.57. The van der Waals surface area contributed by atoms with Crippen LogP contribution in [0.4, 0.5) is 9.59 Å². The van der Waals surface area contributed by atoms with Gasteiger partial charge in [-0.25, -0.2) is 22.3 Å². The molecule has 1 heterocycles. The summed E-state index contributed by atoms with van der Waals surface area (Å²) in [5.41, 5.74) is 2.36. The average Bonchev–Trinajstić information content (AvgIpc) is 3.28. The van der Waals surface area contributed by atoms with Gasteiger partial charge < -0.3 is 15.4 Å². The first-order valence-corrected chi connectivity index (χ1v) is 16.3. The third-order valence-corrected chi connectivity index (χ3v) is 9.92. The second-order valence-corrected chi connectivity index (χ2v) is 13.3. The summed E-state index contributed by atoms with van der Waals surface area (Å²) in [7, 11) is -0.987. The summed E-state index contributed by atoms with van der Waals surface area (Å²) in [6.45, 7) is 7.63. The Hall–Kier alpha value is -3.45. The minimum absolute atomic E-state index is 0.0199. The molecule has 2 N–H and O–H groups in total. The summed E-state index contributed by atoms with van der Waals surface area (Å²) >= 11 is 0. The second-order valence-electron chi connectivity index (χ2n) is 11.3. The zero-order valence-corrected chi connectivity index (χ0v) is 26.7. The van der Waals surface area contributed by atoms with E-state index in [0.717, 1.165) is 30.5 Å². The fraction of sp³-hybridized carbons (Fsp3) is 0.600. The molecule has 1 aromatic rings. The summed E-state index contributed by atoms with van der Waals surface area (Å²) < 4.78 is 32.3. The van der Waals surface area contributed by atoms with E-state index in [-0.39, 0.29) is 48.4 Å². The van der Waals surface area contributed by atoms with Gasteiger partial charge >= 0.3 is 18.0 Å². The fourth-order valence-electron chi connectivity index (χ4n) is 5.20. The highest BCUT2D eigenvalue weighted by Gasteiger charge is 2.32. The number of amides is 5. The van der Waals surface area contributed by atoms with Crippen LogP contribution >= 0.6 is 0 Å². The Morgan fingerprint density at radius 1 is 1.05 bits per heavy atom. The van der Waals surface area contributed by atoms with Crippen LogP contribution < -0.4 is 10.6 Å². The van der Waals surface area contributed by atoms with Crippen molar-refractivity contribution >= 4 is 34.0 Å². The van der Waals surface area contributed by atoms with Crippen molar-refractivity contribution in [3.63, 3.8) is 0 Å². The summed E-state index contributed by atoms with van der Waals surface area (Å²) in [5.74, 6) is -0.295. The van der Waals surface area contributed by atoms with E-state index in [1.54, 1.807) is 12.1 Å². The number of esters is 1. The molecule has 1 aliphatic carbocycles. The first-order valence-electron chi connectivity index (χ1n) is 14.9. The second kappa shape index (κ2) is 15.3. The van der Waals surface area contributed by atoms with E-state index < -0.39 is 22.1 Å². The number of sulfonamides is 1. The van der Waals surface area contributed by atoms with Gasteiger partial charge in [-0.05, 0) is 88.2 Å². The lowest BCUT2D eigenvalue weighted by molar-refractivity contribution is -0.146. The molecule has 12 nitrogen and oxygen atoms in total. The van der Waals surface area contributed by atoms with Crippen LogP contribution in [-0.2, 0) is 30.8 Å². The van der Waals surface area contributed by atoms with Gasteiger partial charge in [0.1, 0.15) is 0 Å². The highest BCUT2D eigenvalue weighted by atomic mass is 32.2. The Morgan fingerprint density at radius 3 is 2.28 bits per heavy atom. The molecule has 0 atom stereocenters. The monoisotopic (exact) mass is 619 g/mol. The predicted octanol–water partition coefficient (Wildman–Crippen LogP) is 2.89. The highest BCUT2D eigenvalue weighted by Crippen LogP contribution is 2.25. The third kappa shape index (κ3) is 9.02. The Morgan fingerprint density at radius 2 is 1.70 bits per heavy atom. The van der Waals surface area contributed by atoms with Gasteiger partial charge in [0, 0.05) is 25.2 Å². The van der Waals surface area contributed by atoms with Crippen molar-refractivity contribution < 1.29 is 32.3 Å². The van der Waals surface area contributed by atoms with Gasteiger partial charge in [-0.3, -0.25) is 19.4 Å². The molecule has 238 valence electrons. The molecule has 0 unspecified atom stereocenters. The number of imide groups is 1. The quantitative estimate of drug-likeness (QED) is 0.340. The van der Waals surface area contributed by atoms with Crippen LogP contribution in [0.15, 0.2) is 40.3 Å². The van der Waals surface area contributed by atoms with Crippen molar-refractivity contribution in [1.29, 1.82) is 0 Å². The van der Waals surface area contributed by atoms with Crippen LogP contribution in [0.25, 0.3) is 0 Å². The van der Waals surface area contributed by atoms with Crippen LogP contribution in [0.5, 0.6) is 0 Å². The molecule has 1 fully saturated rings. The van der Waals surface area contributed by atoms with E-state index in [1.807, 2.05) is 32.7 Å². The number of hydrogen-bond acceptors (Lipinski definition) is 8. The number of nitrogens with one attached hydrogen (secondary N) is 2. The third-order valence-electron chi connectivity index (χ3n) is 8.16. The number of urea groups is 2. The van der Waals surface area contributed by atoms with Gasteiger partial charge in [0.2, 0.25) is 0 Å². The van der Waals surface area contributed by atoms with E-state index in [9.17, 15) is 27.6 Å². The minimum Gasteiger partial charge on any atom is -0.464 e. The minimum atomic E-state index is -4.07. The molecular weight excluding hydrogens is 574 g/mol. The van der Waals surface area contributed by atoms with E-state index in [2.05, 4.69) is 10.6 Å². The van der Waals surface area contributed by atoms with E-state index in [1.165, 1.54) is 24.1 Å². The standard InChI is InChI=1S/C30H45N5O7S/c1-6-26-21(3)18-35(28(26)37)29(38)31-17-16-22-10-14-25(15-11-22)43(40,41)34(5)30(39)32-24-12-8-23(9-13-24)20-42-27(36)19-33(4)7-2/h10-11,14-15,23-24H,6-9,12-13,16-20H2,1-5H3,(H,31,38)(H,32,39). The van der Waals surface area contributed by atoms with E-state index in [0.29, 0.717) is 42.2 Å². The molecule has 0 aromatic heterocycles. The number of rotatable bonds is 12. The van der Waals surface area contributed by atoms with Gasteiger partial charge in [-0.15, -0.1) is 0 Å². The molecule has 5 amide bonds. The molecule has 43 heavy (non-hydrogen) atoms. The molecule has 1 aliphatic heterocycles. The normalized spacial score (nSPS) is 19.0. The lowest BCUT2D eigenvalue weighted by Crippen LogP contribution is -2.46. The molecule has 1 aromatic carbocycles. The van der Waals surface area contributed by atoms with Crippen LogP contribution in [0.1, 0.15) is 58.4 Å². The molecule has 0 bridgehead atoms. The first-order chi connectivity index (χ1) is 20.4. The molecule has 1 saturated carbocycles. The molecule has 0 saturated heterocycles. The van der Waals surface area contributed by atoms with Crippen molar-refractivity contribution in [2.45, 2.75) is 70.2 Å². The van der Waals surface area contributed by atoms with Gasteiger partial charge in [0.05, 0.1) is 24.6 Å². The molecule has 13 heteroatoms. The smallest absolute Gasteiger partial charge is 0.331 e. The number of benzene rings is 1. The van der Waals surface area contributed by atoms with Gasteiger partial charge in [0.15, 0.2) is 0 Å². The zero-order chi connectivity index (χ0) is 31.7. The molecule has 0 spiro atoms. The summed E-state index contributed by atoms with van der Waals surface area (Å²) in [6, 6.07) is 4.84. The molecule has 2 aliphatic rings. The van der Waals surface area contributed by atoms with Gasteiger partial charge in [0.25, 0.3) is 15.9 Å². The van der Waals surface area contributed by atoms with Crippen LogP contribution in [-0.4, -0.2) is 99.4 Å². The molecular formula is C30H45N5O7S. The summed E-state index contributed by atoms with van der Waals surface area (Å²) in [4.78, 5) is 52.6. The van der Waals surface area contributed by atoms with Gasteiger partial charge in [-0.2, -0.15) is 0 Å². The van der Waals surface area contributed by atoms with E-state index in [4.69, 9.17) is 4.74 Å². The van der Waals surface area contributed by atoms with Gasteiger partial charge in [-0.1, -0.05) is 26.0 Å². The number of carbonyl (C=O) groups excluding carboxylic acids is 4. The van der Waals surface area contributed by atoms with Crippen molar-refractivity contribution in [2.24, 2.45) is 5.92 Å². The Balaban J connectivity index is 1.42. The zero-order valence-electron chi connectivity index (χ0n) is 25.8. The lowest BCUT2D eigenvalue weighted by Gasteiger charge is -2.30. The fourth-order valence-corrected chi connectivity index (χ4v) is 6.27. The number of nitrogens with zero attached hydrogens (tertiary/aromatic N) is 3.